The maximum atomic E-state index is 5.96. The number of hydrogen-bond donors (Lipinski definition) is 1. The summed E-state index contributed by atoms with van der Waals surface area (Å²) < 4.78 is 5.98. The van der Waals surface area contributed by atoms with Crippen molar-refractivity contribution in [2.45, 2.75) is 19.9 Å². The highest BCUT2D eigenvalue weighted by molar-refractivity contribution is 9.10. The maximum absolute atomic E-state index is 5.96. The van der Waals surface area contributed by atoms with E-state index in [0.29, 0.717) is 18.3 Å². The fraction of sp³-hybridized carbons (Fsp3) is 0.545. The van der Waals surface area contributed by atoms with Crippen molar-refractivity contribution in [2.24, 2.45) is 0 Å². The van der Waals surface area contributed by atoms with Gasteiger partial charge in [-0.25, -0.2) is 4.98 Å². The highest BCUT2D eigenvalue weighted by Crippen LogP contribution is 2.24. The maximum Gasteiger partial charge on any atom is 0.152 e. The Morgan fingerprint density at radius 2 is 2.25 bits per heavy atom. The first-order valence-corrected chi connectivity index (χ1v) is 6.02. The molecule has 1 heterocycles. The van der Waals surface area contributed by atoms with Gasteiger partial charge in [-0.05, 0) is 35.8 Å². The third kappa shape index (κ3) is 3.35. The smallest absolute Gasteiger partial charge is 0.152 e. The zero-order valence-electron chi connectivity index (χ0n) is 9.90. The number of rotatable bonds is 5. The lowest BCUT2D eigenvalue weighted by molar-refractivity contribution is 0.203. The molecule has 0 spiro atoms. The number of nitrogen functional groups attached to an aromatic ring is 1. The number of ether oxygens (including phenoxy) is 1. The molecule has 0 aliphatic heterocycles. The summed E-state index contributed by atoms with van der Waals surface area (Å²) in [6, 6.07) is 2.20. The van der Waals surface area contributed by atoms with Crippen molar-refractivity contribution < 1.29 is 4.74 Å². The molecule has 0 aliphatic carbocycles. The predicted octanol–water partition coefficient (Wildman–Crippen LogP) is 2.29. The molecule has 1 aromatic rings. The van der Waals surface area contributed by atoms with E-state index in [1.807, 2.05) is 6.07 Å². The Labute approximate surface area is 105 Å². The minimum Gasteiger partial charge on any atom is -0.396 e. The summed E-state index contributed by atoms with van der Waals surface area (Å²) in [6.07, 6.45) is 1.76. The first-order valence-electron chi connectivity index (χ1n) is 5.23. The Morgan fingerprint density at radius 1 is 1.56 bits per heavy atom. The van der Waals surface area contributed by atoms with Crippen LogP contribution in [0.4, 0.5) is 11.5 Å². The van der Waals surface area contributed by atoms with E-state index >= 15 is 0 Å². The van der Waals surface area contributed by atoms with Crippen LogP contribution in [0.15, 0.2) is 16.7 Å². The summed E-state index contributed by atoms with van der Waals surface area (Å²) in [5.41, 5.74) is 6.64. The highest BCUT2D eigenvalue weighted by atomic mass is 79.9. The van der Waals surface area contributed by atoms with Gasteiger partial charge in [0.1, 0.15) is 0 Å². The SMILES string of the molecule is COCCN(c1ncc(Br)cc1N)C(C)C. The summed E-state index contributed by atoms with van der Waals surface area (Å²) in [5, 5.41) is 0. The van der Waals surface area contributed by atoms with Crippen molar-refractivity contribution in [2.75, 3.05) is 30.9 Å². The van der Waals surface area contributed by atoms with Crippen LogP contribution in [-0.4, -0.2) is 31.3 Å². The zero-order chi connectivity index (χ0) is 12.1. The standard InChI is InChI=1S/C11H18BrN3O/c1-8(2)15(4-5-16-3)11-10(13)6-9(12)7-14-11/h6-8H,4-5,13H2,1-3H3. The molecule has 1 rings (SSSR count). The van der Waals surface area contributed by atoms with Gasteiger partial charge in [-0.1, -0.05) is 0 Å². The largest absolute Gasteiger partial charge is 0.396 e. The van der Waals surface area contributed by atoms with E-state index in [1.165, 1.54) is 0 Å². The van der Waals surface area contributed by atoms with Crippen molar-refractivity contribution in [1.82, 2.24) is 4.98 Å². The predicted molar refractivity (Wildman–Crippen MR) is 70.7 cm³/mol. The number of methoxy groups -OCH3 is 1. The molecule has 0 aliphatic rings. The molecular formula is C11H18BrN3O. The average molecular weight is 288 g/mol. The summed E-state index contributed by atoms with van der Waals surface area (Å²) in [6.45, 7) is 5.67. The Balaban J connectivity index is 2.92. The molecule has 2 N–H and O–H groups in total. The minimum absolute atomic E-state index is 0.339. The van der Waals surface area contributed by atoms with Crippen LogP contribution in [0.1, 0.15) is 13.8 Å². The summed E-state index contributed by atoms with van der Waals surface area (Å²) >= 11 is 3.35. The summed E-state index contributed by atoms with van der Waals surface area (Å²) in [5.74, 6) is 0.815. The van der Waals surface area contributed by atoms with Gasteiger partial charge in [0, 0.05) is 30.4 Å². The van der Waals surface area contributed by atoms with Crippen LogP contribution in [0.5, 0.6) is 0 Å². The molecular weight excluding hydrogens is 270 g/mol. The van der Waals surface area contributed by atoms with Gasteiger partial charge in [0.25, 0.3) is 0 Å². The Bertz CT molecular complexity index is 344. The second-order valence-electron chi connectivity index (χ2n) is 3.85. The van der Waals surface area contributed by atoms with Crippen LogP contribution in [0.3, 0.4) is 0 Å². The molecule has 0 aromatic carbocycles. The molecule has 0 atom stereocenters. The average Bonchev–Trinajstić information content (AvgIpc) is 2.20. The number of aromatic nitrogens is 1. The molecule has 0 saturated carbocycles. The van der Waals surface area contributed by atoms with Crippen molar-refractivity contribution in [3.05, 3.63) is 16.7 Å². The Kier molecular flexibility index (Phi) is 5.02. The van der Waals surface area contributed by atoms with E-state index in [2.05, 4.69) is 39.7 Å². The molecule has 1 aromatic heterocycles. The lowest BCUT2D eigenvalue weighted by atomic mass is 10.3. The van der Waals surface area contributed by atoms with Gasteiger partial charge in [-0.2, -0.15) is 0 Å². The van der Waals surface area contributed by atoms with Crippen LogP contribution in [0.2, 0.25) is 0 Å². The van der Waals surface area contributed by atoms with Crippen LogP contribution in [0.25, 0.3) is 0 Å². The fourth-order valence-corrected chi connectivity index (χ4v) is 1.84. The van der Waals surface area contributed by atoms with Gasteiger partial charge in [0.15, 0.2) is 5.82 Å². The van der Waals surface area contributed by atoms with Gasteiger partial charge in [0.05, 0.1) is 12.3 Å². The Hall–Kier alpha value is -0.810. The second-order valence-corrected chi connectivity index (χ2v) is 4.76. The first kappa shape index (κ1) is 13.3. The van der Waals surface area contributed by atoms with Crippen LogP contribution in [0, 0.1) is 0 Å². The second kappa shape index (κ2) is 6.06. The number of pyridine rings is 1. The van der Waals surface area contributed by atoms with E-state index in [0.717, 1.165) is 16.8 Å². The highest BCUT2D eigenvalue weighted by Gasteiger charge is 2.14. The van der Waals surface area contributed by atoms with Gasteiger partial charge in [0.2, 0.25) is 0 Å². The molecule has 0 fully saturated rings. The van der Waals surface area contributed by atoms with Crippen LogP contribution >= 0.6 is 15.9 Å². The number of anilines is 2. The van der Waals surface area contributed by atoms with Crippen LogP contribution in [-0.2, 0) is 4.74 Å². The third-order valence-electron chi connectivity index (χ3n) is 2.29. The number of nitrogens with two attached hydrogens (primary N) is 1. The van der Waals surface area contributed by atoms with Gasteiger partial charge in [-0.3, -0.25) is 0 Å². The topological polar surface area (TPSA) is 51.4 Å². The van der Waals surface area contributed by atoms with Crippen molar-refractivity contribution in [3.8, 4) is 0 Å². The van der Waals surface area contributed by atoms with E-state index < -0.39 is 0 Å². The summed E-state index contributed by atoms with van der Waals surface area (Å²) in [4.78, 5) is 6.48. The number of hydrogen-bond acceptors (Lipinski definition) is 4. The zero-order valence-corrected chi connectivity index (χ0v) is 11.5. The minimum atomic E-state index is 0.339. The Morgan fingerprint density at radius 3 is 2.75 bits per heavy atom. The number of halogens is 1. The number of nitrogens with zero attached hydrogens (tertiary/aromatic N) is 2. The molecule has 0 radical (unpaired) electrons. The van der Waals surface area contributed by atoms with E-state index in [-0.39, 0.29) is 0 Å². The fourth-order valence-electron chi connectivity index (χ4n) is 1.49. The monoisotopic (exact) mass is 287 g/mol. The van der Waals surface area contributed by atoms with E-state index in [9.17, 15) is 0 Å². The quantitative estimate of drug-likeness (QED) is 0.903. The molecule has 0 saturated heterocycles. The lowest BCUT2D eigenvalue weighted by Gasteiger charge is -2.28. The van der Waals surface area contributed by atoms with Crippen LogP contribution < -0.4 is 10.6 Å². The molecule has 5 heteroatoms. The normalized spacial score (nSPS) is 10.8. The molecule has 0 amide bonds. The van der Waals surface area contributed by atoms with Crippen molar-refractivity contribution in [3.63, 3.8) is 0 Å². The summed E-state index contributed by atoms with van der Waals surface area (Å²) in [7, 11) is 1.69. The van der Waals surface area contributed by atoms with Gasteiger partial charge < -0.3 is 15.4 Å². The molecule has 4 nitrogen and oxygen atoms in total. The molecule has 0 bridgehead atoms. The molecule has 0 unspecified atom stereocenters. The van der Waals surface area contributed by atoms with Crippen molar-refractivity contribution >= 4 is 27.4 Å². The van der Waals surface area contributed by atoms with Gasteiger partial charge >= 0.3 is 0 Å². The molecule has 16 heavy (non-hydrogen) atoms. The molecule has 90 valence electrons. The lowest BCUT2D eigenvalue weighted by Crippen LogP contribution is -2.35. The van der Waals surface area contributed by atoms with Crippen molar-refractivity contribution in [1.29, 1.82) is 0 Å². The van der Waals surface area contributed by atoms with E-state index in [1.54, 1.807) is 13.3 Å². The first-order chi connectivity index (χ1) is 7.56. The van der Waals surface area contributed by atoms with E-state index in [4.69, 9.17) is 10.5 Å². The van der Waals surface area contributed by atoms with Gasteiger partial charge in [-0.15, -0.1) is 0 Å². The third-order valence-corrected chi connectivity index (χ3v) is 2.73.